The maximum absolute atomic E-state index is 14.2. The first-order chi connectivity index (χ1) is 18.9. The molecule has 0 saturated carbocycles. The number of ether oxygens (including phenoxy) is 1. The van der Waals surface area contributed by atoms with Gasteiger partial charge in [-0.25, -0.2) is 4.79 Å². The van der Waals surface area contributed by atoms with Crippen LogP contribution in [0.4, 0.5) is 10.5 Å². The number of carbonyl (C=O) groups excluding carboxylic acids is 3. The minimum atomic E-state index is -0.980. The molecule has 0 aliphatic carbocycles. The number of nitrogens with one attached hydrogen (secondary N) is 2. The average Bonchev–Trinajstić information content (AvgIpc) is 2.88. The van der Waals surface area contributed by atoms with Crippen molar-refractivity contribution in [3.8, 4) is 0 Å². The largest absolute Gasteiger partial charge is 0.444 e. The fourth-order valence-electron chi connectivity index (χ4n) is 4.46. The monoisotopic (exact) mass is 563 g/mol. The van der Waals surface area contributed by atoms with Gasteiger partial charge < -0.3 is 20.3 Å². The lowest BCUT2D eigenvalue weighted by Gasteiger charge is -2.34. The molecule has 0 fully saturated rings. The van der Waals surface area contributed by atoms with Gasteiger partial charge in [-0.2, -0.15) is 0 Å². The fourth-order valence-corrected chi connectivity index (χ4v) is 4.73. The van der Waals surface area contributed by atoms with Crippen molar-refractivity contribution < 1.29 is 19.1 Å². The molecule has 0 saturated heterocycles. The highest BCUT2D eigenvalue weighted by atomic mass is 35.5. The molecule has 0 aromatic heterocycles. The number of para-hydroxylation sites is 1. The molecule has 0 heterocycles. The van der Waals surface area contributed by atoms with E-state index >= 15 is 0 Å². The van der Waals surface area contributed by atoms with Gasteiger partial charge in [-0.3, -0.25) is 9.59 Å². The lowest BCUT2D eigenvalue weighted by atomic mass is 9.99. The predicted octanol–water partition coefficient (Wildman–Crippen LogP) is 6.62. The summed E-state index contributed by atoms with van der Waals surface area (Å²) in [5.74, 6) is -0.817. The van der Waals surface area contributed by atoms with Crippen molar-refractivity contribution in [1.82, 2.24) is 10.2 Å². The van der Waals surface area contributed by atoms with Crippen LogP contribution in [0.2, 0.25) is 5.02 Å². The van der Waals surface area contributed by atoms with Gasteiger partial charge in [0.25, 0.3) is 5.91 Å². The normalized spacial score (nSPS) is 12.7. The van der Waals surface area contributed by atoms with E-state index in [1.807, 2.05) is 87.5 Å². The average molecular weight is 564 g/mol. The van der Waals surface area contributed by atoms with Gasteiger partial charge in [0.05, 0.1) is 10.7 Å². The van der Waals surface area contributed by atoms with Crippen LogP contribution >= 0.6 is 11.6 Å². The van der Waals surface area contributed by atoms with E-state index in [4.69, 9.17) is 16.3 Å². The molecule has 40 heavy (non-hydrogen) atoms. The number of benzene rings is 3. The zero-order chi connectivity index (χ0) is 29.4. The Morgan fingerprint density at radius 3 is 2.23 bits per heavy atom. The van der Waals surface area contributed by atoms with E-state index < -0.39 is 35.6 Å². The number of aryl methyl sites for hydroxylation is 2. The predicted molar refractivity (Wildman–Crippen MR) is 159 cm³/mol. The van der Waals surface area contributed by atoms with Crippen molar-refractivity contribution in [3.63, 3.8) is 0 Å². The molecule has 0 bridgehead atoms. The van der Waals surface area contributed by atoms with Crippen LogP contribution in [-0.2, 0) is 20.7 Å². The Hall–Kier alpha value is -3.84. The van der Waals surface area contributed by atoms with Crippen LogP contribution in [0.3, 0.4) is 0 Å². The zero-order valence-electron chi connectivity index (χ0n) is 24.0. The summed E-state index contributed by atoms with van der Waals surface area (Å²) in [5.41, 5.74) is 2.99. The first-order valence-corrected chi connectivity index (χ1v) is 13.7. The molecule has 3 amide bonds. The molecule has 3 aromatic carbocycles. The van der Waals surface area contributed by atoms with Gasteiger partial charge in [0.2, 0.25) is 5.91 Å². The number of carbonyl (C=O) groups is 3. The molecule has 2 N–H and O–H groups in total. The van der Waals surface area contributed by atoms with Crippen molar-refractivity contribution in [2.24, 2.45) is 0 Å². The molecule has 7 nitrogen and oxygen atoms in total. The maximum Gasteiger partial charge on any atom is 0.408 e. The van der Waals surface area contributed by atoms with Crippen LogP contribution in [0.5, 0.6) is 0 Å². The van der Waals surface area contributed by atoms with Crippen LogP contribution in [0.15, 0.2) is 72.8 Å². The molecule has 2 unspecified atom stereocenters. The van der Waals surface area contributed by atoms with Crippen molar-refractivity contribution in [1.29, 1.82) is 0 Å². The van der Waals surface area contributed by atoms with Gasteiger partial charge in [-0.05, 0) is 64.3 Å². The SMILES string of the molecule is CCN(C(=O)C(Cc1ccccc1)NC(=O)OC(C)(C)C)C(C(=O)Nc1c(C)cccc1Cl)c1cccc(C)c1. The first kappa shape index (κ1) is 30.7. The van der Waals surface area contributed by atoms with Crippen LogP contribution in [0.1, 0.15) is 56.0 Å². The summed E-state index contributed by atoms with van der Waals surface area (Å²) >= 11 is 6.42. The van der Waals surface area contributed by atoms with E-state index in [0.717, 1.165) is 16.7 Å². The summed E-state index contributed by atoms with van der Waals surface area (Å²) in [7, 11) is 0. The molecular weight excluding hydrogens is 526 g/mol. The number of amides is 3. The van der Waals surface area contributed by atoms with Crippen molar-refractivity contribution in [2.75, 3.05) is 11.9 Å². The van der Waals surface area contributed by atoms with Gasteiger partial charge in [-0.1, -0.05) is 83.9 Å². The summed E-state index contributed by atoms with van der Waals surface area (Å²) in [6, 6.07) is 20.3. The third-order valence-corrected chi connectivity index (χ3v) is 6.60. The minimum absolute atomic E-state index is 0.216. The zero-order valence-corrected chi connectivity index (χ0v) is 24.7. The minimum Gasteiger partial charge on any atom is -0.444 e. The smallest absolute Gasteiger partial charge is 0.408 e. The second kappa shape index (κ2) is 13.5. The third kappa shape index (κ3) is 8.33. The second-order valence-electron chi connectivity index (χ2n) is 10.8. The summed E-state index contributed by atoms with van der Waals surface area (Å²) < 4.78 is 5.47. The van der Waals surface area contributed by atoms with Gasteiger partial charge in [0.1, 0.15) is 17.7 Å². The lowest BCUT2D eigenvalue weighted by Crippen LogP contribution is -2.53. The summed E-state index contributed by atoms with van der Waals surface area (Å²) in [4.78, 5) is 42.5. The number of likely N-dealkylation sites (N-methyl/N-ethyl adjacent to an activating group) is 1. The highest BCUT2D eigenvalue weighted by Gasteiger charge is 2.36. The van der Waals surface area contributed by atoms with Crippen LogP contribution in [0.25, 0.3) is 0 Å². The third-order valence-electron chi connectivity index (χ3n) is 6.28. The number of nitrogens with zero attached hydrogens (tertiary/aromatic N) is 1. The van der Waals surface area contributed by atoms with E-state index in [9.17, 15) is 14.4 Å². The van der Waals surface area contributed by atoms with Gasteiger partial charge in [-0.15, -0.1) is 0 Å². The molecule has 212 valence electrons. The van der Waals surface area contributed by atoms with E-state index in [1.165, 1.54) is 4.90 Å². The second-order valence-corrected chi connectivity index (χ2v) is 11.2. The van der Waals surface area contributed by atoms with E-state index in [0.29, 0.717) is 16.3 Å². The molecule has 3 rings (SSSR count). The molecule has 3 aromatic rings. The molecule has 0 spiro atoms. The van der Waals surface area contributed by atoms with Crippen LogP contribution in [-0.4, -0.2) is 41.0 Å². The lowest BCUT2D eigenvalue weighted by molar-refractivity contribution is -0.140. The molecule has 0 aliphatic heterocycles. The van der Waals surface area contributed by atoms with Crippen LogP contribution < -0.4 is 10.6 Å². The summed E-state index contributed by atoms with van der Waals surface area (Å²) in [6.45, 7) is 11.1. The Bertz CT molecular complexity index is 1320. The topological polar surface area (TPSA) is 87.7 Å². The van der Waals surface area contributed by atoms with Gasteiger partial charge in [0.15, 0.2) is 0 Å². The molecule has 8 heteroatoms. The quantitative estimate of drug-likeness (QED) is 0.306. The highest BCUT2D eigenvalue weighted by molar-refractivity contribution is 6.34. The van der Waals surface area contributed by atoms with E-state index in [1.54, 1.807) is 26.8 Å². The molecular formula is C32H38ClN3O4. The number of halogens is 1. The number of rotatable bonds is 9. The molecule has 2 atom stereocenters. The maximum atomic E-state index is 14.2. The van der Waals surface area contributed by atoms with Crippen molar-refractivity contribution >= 4 is 35.2 Å². The standard InChI is InChI=1S/C32H38ClN3O4/c1-7-36(30(38)26(20-23-15-9-8-10-16-23)34-31(39)40-32(4,5)6)28(24-17-11-13-21(2)19-24)29(37)35-27-22(3)14-12-18-25(27)33/h8-19,26,28H,7,20H2,1-6H3,(H,34,39)(H,35,37). The van der Waals surface area contributed by atoms with Gasteiger partial charge >= 0.3 is 6.09 Å². The van der Waals surface area contributed by atoms with Gasteiger partial charge in [0, 0.05) is 13.0 Å². The summed E-state index contributed by atoms with van der Waals surface area (Å²) in [6.07, 6.45) is -0.484. The molecule has 0 radical (unpaired) electrons. The number of hydrogen-bond acceptors (Lipinski definition) is 4. The molecule has 0 aliphatic rings. The number of hydrogen-bond donors (Lipinski definition) is 2. The Morgan fingerprint density at radius 1 is 0.950 bits per heavy atom. The first-order valence-electron chi connectivity index (χ1n) is 13.4. The highest BCUT2D eigenvalue weighted by Crippen LogP contribution is 2.30. The fraction of sp³-hybridized carbons (Fsp3) is 0.344. The number of alkyl carbamates (subject to hydrolysis) is 1. The Kier molecular flexibility index (Phi) is 10.3. The Balaban J connectivity index is 2.02. The Morgan fingerprint density at radius 2 is 1.62 bits per heavy atom. The van der Waals surface area contributed by atoms with Crippen molar-refractivity contribution in [3.05, 3.63) is 100 Å². The van der Waals surface area contributed by atoms with Crippen LogP contribution in [0, 0.1) is 13.8 Å². The number of anilines is 1. The summed E-state index contributed by atoms with van der Waals surface area (Å²) in [5, 5.41) is 6.11. The van der Waals surface area contributed by atoms with E-state index in [2.05, 4.69) is 10.6 Å². The Labute approximate surface area is 241 Å². The van der Waals surface area contributed by atoms with Crippen molar-refractivity contribution in [2.45, 2.75) is 65.6 Å². The van der Waals surface area contributed by atoms with E-state index in [-0.39, 0.29) is 13.0 Å².